The Morgan fingerprint density at radius 1 is 1.56 bits per heavy atom. The van der Waals surface area contributed by atoms with Gasteiger partial charge in [-0.1, -0.05) is 23.9 Å². The molecule has 94 valence electrons. The van der Waals surface area contributed by atoms with Gasteiger partial charge in [0.15, 0.2) is 5.16 Å². The van der Waals surface area contributed by atoms with Crippen molar-refractivity contribution in [1.82, 2.24) is 14.8 Å². The fraction of sp³-hybridized carbons (Fsp3) is 0.200. The average molecular weight is 268 g/mol. The Labute approximate surface area is 106 Å². The summed E-state index contributed by atoms with van der Waals surface area (Å²) >= 11 is 1.27. The van der Waals surface area contributed by atoms with Crippen molar-refractivity contribution in [2.75, 3.05) is 0 Å². The van der Waals surface area contributed by atoms with E-state index in [1.807, 2.05) is 0 Å². The number of rotatable bonds is 4. The van der Waals surface area contributed by atoms with Crippen molar-refractivity contribution in [2.24, 2.45) is 7.05 Å². The molecular weight excluding hydrogens is 259 g/mol. The summed E-state index contributed by atoms with van der Waals surface area (Å²) < 4.78 is 15.4. The first-order valence-electron chi connectivity index (χ1n) is 4.98. The van der Waals surface area contributed by atoms with Crippen molar-refractivity contribution < 1.29 is 9.31 Å². The van der Waals surface area contributed by atoms with E-state index in [2.05, 4.69) is 10.2 Å². The summed E-state index contributed by atoms with van der Waals surface area (Å²) in [4.78, 5) is 9.86. The molecule has 0 N–H and O–H groups in total. The second-order valence-corrected chi connectivity index (χ2v) is 4.46. The van der Waals surface area contributed by atoms with E-state index in [-0.39, 0.29) is 11.3 Å². The summed E-state index contributed by atoms with van der Waals surface area (Å²) in [6.07, 6.45) is 1.53. The van der Waals surface area contributed by atoms with Crippen LogP contribution in [0.3, 0.4) is 0 Å². The number of thioether (sulfide) groups is 1. The highest BCUT2D eigenvalue weighted by Crippen LogP contribution is 2.26. The molecule has 2 rings (SSSR count). The van der Waals surface area contributed by atoms with Crippen LogP contribution < -0.4 is 0 Å². The van der Waals surface area contributed by atoms with E-state index in [9.17, 15) is 14.5 Å². The molecule has 8 heteroatoms. The molecule has 0 unspecified atom stereocenters. The van der Waals surface area contributed by atoms with Gasteiger partial charge in [0, 0.05) is 24.4 Å². The Kier molecular flexibility index (Phi) is 3.56. The van der Waals surface area contributed by atoms with Crippen LogP contribution in [-0.2, 0) is 12.8 Å². The summed E-state index contributed by atoms with van der Waals surface area (Å²) in [5.41, 5.74) is -0.233. The maximum atomic E-state index is 13.8. The number of nitro groups is 1. The molecule has 1 aromatic carbocycles. The molecular formula is C10H9FN4O2S. The highest BCUT2D eigenvalue weighted by Gasteiger charge is 2.17. The summed E-state index contributed by atoms with van der Waals surface area (Å²) in [6.45, 7) is 0. The van der Waals surface area contributed by atoms with E-state index in [0.29, 0.717) is 5.16 Å². The van der Waals surface area contributed by atoms with Crippen LogP contribution in [0, 0.1) is 15.9 Å². The maximum absolute atomic E-state index is 13.8. The Morgan fingerprint density at radius 2 is 2.33 bits per heavy atom. The molecule has 1 aromatic heterocycles. The summed E-state index contributed by atoms with van der Waals surface area (Å²) in [6, 6.07) is 4.13. The lowest BCUT2D eigenvalue weighted by atomic mass is 10.2. The summed E-state index contributed by atoms with van der Waals surface area (Å²) in [5.74, 6) is -0.530. The minimum absolute atomic E-state index is 0.264. The smallest absolute Gasteiger partial charge is 0.305 e. The molecule has 0 aliphatic rings. The standard InChI is InChI=1S/C10H9FN4O2S/c1-14-6-12-13-10(14)18-5-7-3-2-4-8(9(7)11)15(16)17/h2-4,6H,5H2,1H3. The number of hydrogen-bond donors (Lipinski definition) is 0. The van der Waals surface area contributed by atoms with Crippen LogP contribution in [0.5, 0.6) is 0 Å². The quantitative estimate of drug-likeness (QED) is 0.482. The number of aromatic nitrogens is 3. The molecule has 1 heterocycles. The largest absolute Gasteiger partial charge is 0.312 e. The van der Waals surface area contributed by atoms with E-state index < -0.39 is 16.4 Å². The predicted molar refractivity (Wildman–Crippen MR) is 63.6 cm³/mol. The van der Waals surface area contributed by atoms with Gasteiger partial charge in [-0.2, -0.15) is 4.39 Å². The van der Waals surface area contributed by atoms with Gasteiger partial charge in [-0.3, -0.25) is 10.1 Å². The van der Waals surface area contributed by atoms with Gasteiger partial charge >= 0.3 is 5.69 Å². The van der Waals surface area contributed by atoms with Gasteiger partial charge in [0.2, 0.25) is 5.82 Å². The van der Waals surface area contributed by atoms with Crippen LogP contribution in [0.4, 0.5) is 10.1 Å². The predicted octanol–water partition coefficient (Wildman–Crippen LogP) is 2.15. The van der Waals surface area contributed by atoms with Crippen molar-refractivity contribution in [3.8, 4) is 0 Å². The molecule has 0 aliphatic heterocycles. The van der Waals surface area contributed by atoms with Crippen LogP contribution in [0.1, 0.15) is 5.56 Å². The summed E-state index contributed by atoms with van der Waals surface area (Å²) in [5, 5.41) is 18.7. The van der Waals surface area contributed by atoms with E-state index >= 15 is 0 Å². The Balaban J connectivity index is 2.17. The fourth-order valence-corrected chi connectivity index (χ4v) is 2.23. The molecule has 0 atom stereocenters. The number of benzene rings is 1. The third kappa shape index (κ3) is 2.48. The zero-order valence-corrected chi connectivity index (χ0v) is 10.2. The second kappa shape index (κ2) is 5.13. The minimum atomic E-state index is -0.794. The number of nitrogens with zero attached hydrogens (tertiary/aromatic N) is 4. The van der Waals surface area contributed by atoms with Crippen LogP contribution >= 0.6 is 11.8 Å². The third-order valence-corrected chi connectivity index (χ3v) is 3.36. The van der Waals surface area contributed by atoms with Gasteiger partial charge in [-0.05, 0) is 0 Å². The molecule has 0 amide bonds. The lowest BCUT2D eigenvalue weighted by molar-refractivity contribution is -0.387. The molecule has 0 fully saturated rings. The lowest BCUT2D eigenvalue weighted by Crippen LogP contribution is -1.97. The molecule has 2 aromatic rings. The van der Waals surface area contributed by atoms with Crippen molar-refractivity contribution in [1.29, 1.82) is 0 Å². The van der Waals surface area contributed by atoms with Crippen LogP contribution in [0.25, 0.3) is 0 Å². The van der Waals surface area contributed by atoms with Gasteiger partial charge in [-0.25, -0.2) is 0 Å². The second-order valence-electron chi connectivity index (χ2n) is 3.52. The van der Waals surface area contributed by atoms with Gasteiger partial charge in [0.25, 0.3) is 0 Å². The minimum Gasteiger partial charge on any atom is -0.312 e. The number of hydrogen-bond acceptors (Lipinski definition) is 5. The van der Waals surface area contributed by atoms with Gasteiger partial charge < -0.3 is 4.57 Å². The Morgan fingerprint density at radius 3 is 2.94 bits per heavy atom. The lowest BCUT2D eigenvalue weighted by Gasteiger charge is -2.03. The van der Waals surface area contributed by atoms with Gasteiger partial charge in [0.1, 0.15) is 6.33 Å². The molecule has 18 heavy (non-hydrogen) atoms. The SMILES string of the molecule is Cn1cnnc1SCc1cccc([N+](=O)[O-])c1F. The van der Waals surface area contributed by atoms with E-state index in [0.717, 1.165) is 6.07 Å². The first kappa shape index (κ1) is 12.5. The maximum Gasteiger partial charge on any atom is 0.305 e. The molecule has 0 spiro atoms. The molecule has 0 saturated carbocycles. The average Bonchev–Trinajstić information content (AvgIpc) is 2.73. The van der Waals surface area contributed by atoms with Crippen LogP contribution in [0.2, 0.25) is 0 Å². The van der Waals surface area contributed by atoms with Crippen molar-refractivity contribution in [3.63, 3.8) is 0 Å². The number of halogens is 1. The highest BCUT2D eigenvalue weighted by atomic mass is 32.2. The van der Waals surface area contributed by atoms with Gasteiger partial charge in [-0.15, -0.1) is 10.2 Å². The zero-order valence-electron chi connectivity index (χ0n) is 9.41. The summed E-state index contributed by atoms with van der Waals surface area (Å²) in [7, 11) is 1.77. The number of nitro benzene ring substituents is 1. The number of aryl methyl sites for hydroxylation is 1. The highest BCUT2D eigenvalue weighted by molar-refractivity contribution is 7.98. The van der Waals surface area contributed by atoms with E-state index in [1.165, 1.54) is 30.2 Å². The van der Waals surface area contributed by atoms with E-state index in [1.54, 1.807) is 11.6 Å². The molecule has 0 aliphatic carbocycles. The van der Waals surface area contributed by atoms with Gasteiger partial charge in [0.05, 0.1) is 4.92 Å². The third-order valence-electron chi connectivity index (χ3n) is 2.28. The van der Waals surface area contributed by atoms with Crippen molar-refractivity contribution in [3.05, 3.63) is 46.0 Å². The Bertz CT molecular complexity index is 587. The van der Waals surface area contributed by atoms with Crippen LogP contribution in [-0.4, -0.2) is 19.7 Å². The normalized spacial score (nSPS) is 10.6. The fourth-order valence-electron chi connectivity index (χ4n) is 1.36. The topological polar surface area (TPSA) is 73.8 Å². The monoisotopic (exact) mass is 268 g/mol. The first-order chi connectivity index (χ1) is 8.59. The van der Waals surface area contributed by atoms with E-state index in [4.69, 9.17) is 0 Å². The first-order valence-corrected chi connectivity index (χ1v) is 5.96. The van der Waals surface area contributed by atoms with Crippen LogP contribution in [0.15, 0.2) is 29.7 Å². The Hall–Kier alpha value is -1.96. The molecule has 0 radical (unpaired) electrons. The molecule has 0 bridgehead atoms. The van der Waals surface area contributed by atoms with Crippen molar-refractivity contribution in [2.45, 2.75) is 10.9 Å². The van der Waals surface area contributed by atoms with Crippen molar-refractivity contribution >= 4 is 17.4 Å². The zero-order chi connectivity index (χ0) is 13.1. The molecule has 6 nitrogen and oxygen atoms in total. The molecule has 0 saturated heterocycles.